The number of rotatable bonds is 7. The molecule has 0 N–H and O–H groups in total. The van der Waals surface area contributed by atoms with Gasteiger partial charge in [-0.3, -0.25) is 4.79 Å². The number of anilines is 1. The van der Waals surface area contributed by atoms with Crippen LogP contribution in [-0.4, -0.2) is 46.2 Å². The van der Waals surface area contributed by atoms with E-state index in [-0.39, 0.29) is 11.2 Å². The molecule has 0 spiro atoms. The topological polar surface area (TPSA) is 60.3 Å². The van der Waals surface area contributed by atoms with E-state index in [0.717, 1.165) is 24.5 Å². The van der Waals surface area contributed by atoms with E-state index in [2.05, 4.69) is 53.2 Å². The van der Waals surface area contributed by atoms with Crippen LogP contribution in [0.15, 0.2) is 29.4 Å². The third kappa shape index (κ3) is 3.90. The number of hydrogen-bond donors (Lipinski definition) is 0. The molecule has 0 fully saturated rings. The van der Waals surface area contributed by atoms with Crippen molar-refractivity contribution in [2.45, 2.75) is 31.2 Å². The molecule has 2 aromatic rings. The SMILES string of the molecule is CCN(CC)c1ccc(-c2nnc(S[C@@H](C)C(=O)OC)n2C)cc1. The quantitative estimate of drug-likeness (QED) is 0.566. The van der Waals surface area contributed by atoms with Crippen LogP contribution in [0.3, 0.4) is 0 Å². The van der Waals surface area contributed by atoms with E-state index in [9.17, 15) is 4.79 Å². The molecule has 0 aliphatic rings. The summed E-state index contributed by atoms with van der Waals surface area (Å²) in [6.07, 6.45) is 0. The number of esters is 1. The van der Waals surface area contributed by atoms with Crippen molar-refractivity contribution in [3.8, 4) is 11.4 Å². The fourth-order valence-corrected chi connectivity index (χ4v) is 3.29. The van der Waals surface area contributed by atoms with E-state index in [0.29, 0.717) is 5.16 Å². The van der Waals surface area contributed by atoms with Crippen LogP contribution in [0.5, 0.6) is 0 Å². The average Bonchev–Trinajstić information content (AvgIpc) is 2.96. The Bertz CT molecular complexity index is 680. The van der Waals surface area contributed by atoms with Gasteiger partial charge in [-0.05, 0) is 45.0 Å². The molecular weight excluding hydrogens is 324 g/mol. The molecule has 24 heavy (non-hydrogen) atoms. The maximum Gasteiger partial charge on any atom is 0.318 e. The summed E-state index contributed by atoms with van der Waals surface area (Å²) in [7, 11) is 3.29. The third-order valence-electron chi connectivity index (χ3n) is 3.90. The first-order chi connectivity index (χ1) is 11.5. The summed E-state index contributed by atoms with van der Waals surface area (Å²) in [6, 6.07) is 8.30. The van der Waals surface area contributed by atoms with E-state index < -0.39 is 0 Å². The van der Waals surface area contributed by atoms with Gasteiger partial charge in [-0.25, -0.2) is 0 Å². The molecule has 0 saturated carbocycles. The average molecular weight is 348 g/mol. The Morgan fingerprint density at radius 2 is 1.88 bits per heavy atom. The van der Waals surface area contributed by atoms with Crippen LogP contribution in [0.25, 0.3) is 11.4 Å². The lowest BCUT2D eigenvalue weighted by Crippen LogP contribution is -2.21. The lowest BCUT2D eigenvalue weighted by atomic mass is 10.2. The number of carbonyl (C=O) groups is 1. The number of ether oxygens (including phenoxy) is 1. The zero-order chi connectivity index (χ0) is 17.7. The zero-order valence-corrected chi connectivity index (χ0v) is 15.6. The predicted octanol–water partition coefficient (Wildman–Crippen LogP) is 2.98. The van der Waals surface area contributed by atoms with E-state index in [4.69, 9.17) is 4.74 Å². The molecule has 2 rings (SSSR count). The number of thioether (sulfide) groups is 1. The van der Waals surface area contributed by atoms with Gasteiger partial charge in [0.05, 0.1) is 7.11 Å². The van der Waals surface area contributed by atoms with Gasteiger partial charge in [0.15, 0.2) is 11.0 Å². The molecule has 0 aliphatic heterocycles. The van der Waals surface area contributed by atoms with Crippen molar-refractivity contribution in [1.82, 2.24) is 14.8 Å². The first kappa shape index (κ1) is 18.3. The molecule has 6 nitrogen and oxygen atoms in total. The summed E-state index contributed by atoms with van der Waals surface area (Å²) in [5.41, 5.74) is 2.19. The monoisotopic (exact) mass is 348 g/mol. The number of carbonyl (C=O) groups excluding carboxylic acids is 1. The molecule has 0 saturated heterocycles. The van der Waals surface area contributed by atoms with Crippen LogP contribution in [-0.2, 0) is 16.6 Å². The molecule has 130 valence electrons. The largest absolute Gasteiger partial charge is 0.468 e. The number of aromatic nitrogens is 3. The van der Waals surface area contributed by atoms with Crippen molar-refractivity contribution in [2.75, 3.05) is 25.1 Å². The fraction of sp³-hybridized carbons (Fsp3) is 0.471. The maximum absolute atomic E-state index is 11.6. The molecule has 0 amide bonds. The molecule has 1 atom stereocenters. The summed E-state index contributed by atoms with van der Waals surface area (Å²) in [6.45, 7) is 8.04. The van der Waals surface area contributed by atoms with Crippen molar-refractivity contribution in [3.05, 3.63) is 24.3 Å². The minimum absolute atomic E-state index is 0.270. The summed E-state index contributed by atoms with van der Waals surface area (Å²) < 4.78 is 6.65. The van der Waals surface area contributed by atoms with Crippen molar-refractivity contribution in [3.63, 3.8) is 0 Å². The van der Waals surface area contributed by atoms with Gasteiger partial charge in [0.1, 0.15) is 5.25 Å². The Morgan fingerprint density at radius 3 is 2.42 bits per heavy atom. The van der Waals surface area contributed by atoms with Crippen molar-refractivity contribution < 1.29 is 9.53 Å². The lowest BCUT2D eigenvalue weighted by Gasteiger charge is -2.21. The van der Waals surface area contributed by atoms with Gasteiger partial charge in [-0.2, -0.15) is 0 Å². The van der Waals surface area contributed by atoms with Crippen LogP contribution in [0.2, 0.25) is 0 Å². The highest BCUT2D eigenvalue weighted by Crippen LogP contribution is 2.27. The molecule has 0 radical (unpaired) electrons. The van der Waals surface area contributed by atoms with Crippen LogP contribution in [0.4, 0.5) is 5.69 Å². The van der Waals surface area contributed by atoms with Crippen LogP contribution < -0.4 is 4.90 Å². The lowest BCUT2D eigenvalue weighted by molar-refractivity contribution is -0.139. The first-order valence-electron chi connectivity index (χ1n) is 8.01. The minimum atomic E-state index is -0.323. The van der Waals surface area contributed by atoms with Crippen molar-refractivity contribution in [1.29, 1.82) is 0 Å². The Balaban J connectivity index is 2.20. The van der Waals surface area contributed by atoms with Gasteiger partial charge in [-0.15, -0.1) is 10.2 Å². The zero-order valence-electron chi connectivity index (χ0n) is 14.8. The standard InChI is InChI=1S/C17H24N4O2S/c1-6-21(7-2)14-10-8-13(9-11-14)15-18-19-17(20(15)4)24-12(3)16(22)23-5/h8-12H,6-7H2,1-5H3/t12-/m0/s1. The second-order valence-electron chi connectivity index (χ2n) is 5.37. The fourth-order valence-electron chi connectivity index (χ4n) is 2.45. The normalized spacial score (nSPS) is 12.0. The Morgan fingerprint density at radius 1 is 1.25 bits per heavy atom. The van der Waals surface area contributed by atoms with Gasteiger partial charge in [0.25, 0.3) is 0 Å². The Kier molecular flexibility index (Phi) is 6.25. The first-order valence-corrected chi connectivity index (χ1v) is 8.89. The van der Waals surface area contributed by atoms with Gasteiger partial charge >= 0.3 is 5.97 Å². The summed E-state index contributed by atoms with van der Waals surface area (Å²) in [5, 5.41) is 8.83. The van der Waals surface area contributed by atoms with Crippen LogP contribution in [0.1, 0.15) is 20.8 Å². The highest BCUT2D eigenvalue weighted by atomic mass is 32.2. The third-order valence-corrected chi connectivity index (χ3v) is 5.02. The molecule has 1 heterocycles. The molecule has 0 bridgehead atoms. The maximum atomic E-state index is 11.6. The highest BCUT2D eigenvalue weighted by Gasteiger charge is 2.19. The molecule has 7 heteroatoms. The van der Waals surface area contributed by atoms with Crippen LogP contribution in [0, 0.1) is 0 Å². The molecule has 0 aliphatic carbocycles. The second kappa shape index (κ2) is 8.19. The van der Waals surface area contributed by atoms with Crippen molar-refractivity contribution >= 4 is 23.4 Å². The van der Waals surface area contributed by atoms with E-state index in [1.54, 1.807) is 6.92 Å². The van der Waals surface area contributed by atoms with Crippen LogP contribution >= 0.6 is 11.8 Å². The second-order valence-corrected chi connectivity index (χ2v) is 6.68. The number of methoxy groups -OCH3 is 1. The summed E-state index contributed by atoms with van der Waals surface area (Å²) >= 11 is 1.34. The predicted molar refractivity (Wildman–Crippen MR) is 97.3 cm³/mol. The summed E-state index contributed by atoms with van der Waals surface area (Å²) in [4.78, 5) is 13.8. The number of hydrogen-bond acceptors (Lipinski definition) is 6. The van der Waals surface area contributed by atoms with Crippen molar-refractivity contribution in [2.24, 2.45) is 7.05 Å². The highest BCUT2D eigenvalue weighted by molar-refractivity contribution is 8.00. The summed E-state index contributed by atoms with van der Waals surface area (Å²) in [5.74, 6) is 0.508. The molecule has 1 aromatic carbocycles. The minimum Gasteiger partial charge on any atom is -0.468 e. The van der Waals surface area contributed by atoms with Gasteiger partial charge < -0.3 is 14.2 Å². The molecule has 1 aromatic heterocycles. The Labute approximate surface area is 147 Å². The van der Waals surface area contributed by atoms with Gasteiger partial charge in [-0.1, -0.05) is 11.8 Å². The van der Waals surface area contributed by atoms with E-state index in [1.807, 2.05) is 11.6 Å². The Hall–Kier alpha value is -2.02. The number of nitrogens with zero attached hydrogens (tertiary/aromatic N) is 4. The van der Waals surface area contributed by atoms with E-state index >= 15 is 0 Å². The molecule has 0 unspecified atom stereocenters. The number of benzene rings is 1. The van der Waals surface area contributed by atoms with E-state index in [1.165, 1.54) is 24.6 Å². The molecular formula is C17H24N4O2S. The van der Waals surface area contributed by atoms with Gasteiger partial charge in [0.2, 0.25) is 0 Å². The smallest absolute Gasteiger partial charge is 0.318 e. The van der Waals surface area contributed by atoms with Gasteiger partial charge in [0, 0.05) is 31.4 Å².